The maximum atomic E-state index is 5.32. The van der Waals surface area contributed by atoms with Gasteiger partial charge in [-0.05, 0) is 24.6 Å². The molecule has 1 atom stereocenters. The minimum absolute atomic E-state index is 0.0246. The Bertz CT molecular complexity index is 685. The summed E-state index contributed by atoms with van der Waals surface area (Å²) in [6.07, 6.45) is 0.0246. The van der Waals surface area contributed by atoms with Gasteiger partial charge in [0.1, 0.15) is 16.9 Å². The average Bonchev–Trinajstić information content (AvgIpc) is 3.10. The number of aromatic nitrogens is 1. The molecular formula is C18H26N4O2S. The molecule has 0 spiro atoms. The molecular weight excluding hydrogens is 336 g/mol. The monoisotopic (exact) mass is 362 g/mol. The Balaban J connectivity index is 1.91. The van der Waals surface area contributed by atoms with Crippen LogP contribution >= 0.6 is 11.3 Å². The van der Waals surface area contributed by atoms with Crippen LogP contribution in [-0.2, 0) is 17.8 Å². The molecule has 2 rings (SSSR count). The van der Waals surface area contributed by atoms with Crippen LogP contribution in [0.1, 0.15) is 29.3 Å². The van der Waals surface area contributed by atoms with Gasteiger partial charge < -0.3 is 19.7 Å². The van der Waals surface area contributed by atoms with Crippen molar-refractivity contribution in [2.75, 3.05) is 28.3 Å². The first-order chi connectivity index (χ1) is 12.1. The summed E-state index contributed by atoms with van der Waals surface area (Å²) < 4.78 is 10.5. The molecule has 7 heteroatoms. The Morgan fingerprint density at radius 3 is 2.64 bits per heavy atom. The van der Waals surface area contributed by atoms with Gasteiger partial charge in [0.15, 0.2) is 5.96 Å². The van der Waals surface area contributed by atoms with Crippen LogP contribution in [-0.4, -0.2) is 44.2 Å². The highest BCUT2D eigenvalue weighted by atomic mass is 32.1. The zero-order chi connectivity index (χ0) is 18.2. The number of rotatable bonds is 7. The van der Waals surface area contributed by atoms with E-state index in [1.807, 2.05) is 38.2 Å². The van der Waals surface area contributed by atoms with Gasteiger partial charge in [-0.2, -0.15) is 0 Å². The number of thiazole rings is 1. The van der Waals surface area contributed by atoms with Crippen LogP contribution in [0.15, 0.2) is 34.6 Å². The molecule has 0 saturated heterocycles. The fourth-order valence-corrected chi connectivity index (χ4v) is 3.15. The first-order valence-corrected chi connectivity index (χ1v) is 8.97. The summed E-state index contributed by atoms with van der Waals surface area (Å²) >= 11 is 1.62. The lowest BCUT2D eigenvalue weighted by molar-refractivity contribution is 0.119. The van der Waals surface area contributed by atoms with Crippen LogP contribution < -0.4 is 10.1 Å². The molecule has 0 fully saturated rings. The summed E-state index contributed by atoms with van der Waals surface area (Å²) in [6.45, 7) is 3.39. The van der Waals surface area contributed by atoms with Crippen LogP contribution in [0.4, 0.5) is 0 Å². The van der Waals surface area contributed by atoms with Crippen molar-refractivity contribution in [3.63, 3.8) is 0 Å². The lowest BCUT2D eigenvalue weighted by Crippen LogP contribution is -2.38. The van der Waals surface area contributed by atoms with E-state index in [1.165, 1.54) is 5.56 Å². The van der Waals surface area contributed by atoms with Crippen LogP contribution in [0.2, 0.25) is 0 Å². The maximum absolute atomic E-state index is 5.32. The van der Waals surface area contributed by atoms with Gasteiger partial charge in [0.05, 0.1) is 19.3 Å². The number of aliphatic imine (C=N–C) groups is 1. The molecule has 1 aromatic heterocycles. The molecule has 0 aliphatic carbocycles. The molecule has 0 radical (unpaired) electrons. The topological polar surface area (TPSA) is 59.0 Å². The third kappa shape index (κ3) is 5.44. The van der Waals surface area contributed by atoms with Crippen molar-refractivity contribution in [1.82, 2.24) is 15.2 Å². The Hall–Kier alpha value is -2.12. The number of nitrogens with zero attached hydrogens (tertiary/aromatic N) is 3. The number of ether oxygens (including phenoxy) is 2. The molecule has 0 bridgehead atoms. The van der Waals surface area contributed by atoms with E-state index >= 15 is 0 Å². The van der Waals surface area contributed by atoms with Gasteiger partial charge in [-0.1, -0.05) is 12.1 Å². The average molecular weight is 362 g/mol. The van der Waals surface area contributed by atoms with Crippen molar-refractivity contribution in [2.24, 2.45) is 4.99 Å². The van der Waals surface area contributed by atoms with Crippen molar-refractivity contribution < 1.29 is 9.47 Å². The van der Waals surface area contributed by atoms with Crippen LogP contribution in [0.3, 0.4) is 0 Å². The van der Waals surface area contributed by atoms with E-state index in [0.29, 0.717) is 13.1 Å². The lowest BCUT2D eigenvalue weighted by atomic mass is 10.2. The first kappa shape index (κ1) is 19.2. The molecule has 6 nitrogen and oxygen atoms in total. The Kier molecular flexibility index (Phi) is 7.21. The Labute approximate surface area is 153 Å². The number of hydrogen-bond donors (Lipinski definition) is 1. The molecule has 1 unspecified atom stereocenters. The molecule has 1 aromatic carbocycles. The van der Waals surface area contributed by atoms with E-state index in [1.54, 1.807) is 32.6 Å². The van der Waals surface area contributed by atoms with Gasteiger partial charge in [-0.25, -0.2) is 4.98 Å². The second-order valence-corrected chi connectivity index (χ2v) is 6.55. The summed E-state index contributed by atoms with van der Waals surface area (Å²) in [7, 11) is 7.15. The van der Waals surface area contributed by atoms with Crippen molar-refractivity contribution in [3.05, 3.63) is 45.9 Å². The maximum Gasteiger partial charge on any atom is 0.194 e. The van der Waals surface area contributed by atoms with Crippen molar-refractivity contribution >= 4 is 17.3 Å². The fourth-order valence-electron chi connectivity index (χ4n) is 2.31. The third-order valence-corrected chi connectivity index (χ3v) is 4.91. The van der Waals surface area contributed by atoms with Crippen LogP contribution in [0, 0.1) is 0 Å². The smallest absolute Gasteiger partial charge is 0.194 e. The molecule has 0 aliphatic rings. The number of benzene rings is 1. The minimum atomic E-state index is 0.0246. The summed E-state index contributed by atoms with van der Waals surface area (Å²) in [5.74, 6) is 1.68. The highest BCUT2D eigenvalue weighted by Gasteiger charge is 2.12. The van der Waals surface area contributed by atoms with Gasteiger partial charge in [-0.3, -0.25) is 4.99 Å². The van der Waals surface area contributed by atoms with Crippen LogP contribution in [0.5, 0.6) is 5.75 Å². The van der Waals surface area contributed by atoms with Gasteiger partial charge in [0, 0.05) is 33.1 Å². The quantitative estimate of drug-likeness (QED) is 0.606. The molecule has 136 valence electrons. The summed E-state index contributed by atoms with van der Waals surface area (Å²) in [6, 6.07) is 7.99. The largest absolute Gasteiger partial charge is 0.497 e. The molecule has 1 N–H and O–H groups in total. The summed E-state index contributed by atoms with van der Waals surface area (Å²) in [4.78, 5) is 11.0. The second kappa shape index (κ2) is 9.39. The normalized spacial score (nSPS) is 12.8. The number of hydrogen-bond acceptors (Lipinski definition) is 5. The fraction of sp³-hybridized carbons (Fsp3) is 0.444. The van der Waals surface area contributed by atoms with E-state index < -0.39 is 0 Å². The summed E-state index contributed by atoms with van der Waals surface area (Å²) in [5.41, 5.74) is 2.18. The molecule has 0 aliphatic heterocycles. The van der Waals surface area contributed by atoms with E-state index in [4.69, 9.17) is 9.47 Å². The first-order valence-electron chi connectivity index (χ1n) is 8.09. The van der Waals surface area contributed by atoms with Gasteiger partial charge in [0.2, 0.25) is 0 Å². The zero-order valence-corrected chi connectivity index (χ0v) is 16.3. The number of nitrogens with one attached hydrogen (secondary N) is 1. The second-order valence-electron chi connectivity index (χ2n) is 5.66. The predicted octanol–water partition coefficient (Wildman–Crippen LogP) is 3.07. The third-order valence-electron chi connectivity index (χ3n) is 3.85. The van der Waals surface area contributed by atoms with Crippen molar-refractivity contribution in [2.45, 2.75) is 26.1 Å². The highest BCUT2D eigenvalue weighted by molar-refractivity contribution is 7.09. The van der Waals surface area contributed by atoms with Gasteiger partial charge in [-0.15, -0.1) is 11.3 Å². The van der Waals surface area contributed by atoms with Crippen molar-refractivity contribution in [1.29, 1.82) is 0 Å². The van der Waals surface area contributed by atoms with Crippen molar-refractivity contribution in [3.8, 4) is 5.75 Å². The molecule has 1 heterocycles. The molecule has 25 heavy (non-hydrogen) atoms. The minimum Gasteiger partial charge on any atom is -0.497 e. The molecule has 2 aromatic rings. The molecule has 0 amide bonds. The van der Waals surface area contributed by atoms with E-state index in [-0.39, 0.29) is 6.10 Å². The van der Waals surface area contributed by atoms with Crippen LogP contribution in [0.25, 0.3) is 0 Å². The number of methoxy groups -OCH3 is 2. The van der Waals surface area contributed by atoms with Gasteiger partial charge in [0.25, 0.3) is 0 Å². The summed E-state index contributed by atoms with van der Waals surface area (Å²) in [5, 5.41) is 6.43. The SMILES string of the molecule is CN=C(NCc1ccc(OC)cc1)N(C)Cc1csc(C(C)OC)n1. The number of guanidine groups is 1. The Morgan fingerprint density at radius 2 is 2.04 bits per heavy atom. The van der Waals surface area contributed by atoms with Gasteiger partial charge >= 0.3 is 0 Å². The highest BCUT2D eigenvalue weighted by Crippen LogP contribution is 2.21. The zero-order valence-electron chi connectivity index (χ0n) is 15.4. The predicted molar refractivity (Wildman–Crippen MR) is 102 cm³/mol. The van der Waals surface area contributed by atoms with E-state index in [0.717, 1.165) is 22.4 Å². The lowest BCUT2D eigenvalue weighted by Gasteiger charge is -2.21. The van der Waals surface area contributed by atoms with E-state index in [9.17, 15) is 0 Å². The Morgan fingerprint density at radius 1 is 1.32 bits per heavy atom. The molecule has 0 saturated carbocycles. The van der Waals surface area contributed by atoms with E-state index in [2.05, 4.69) is 25.6 Å². The standard InChI is InChI=1S/C18H26N4O2S/c1-13(23-4)17-21-15(12-25-17)11-22(3)18(19-2)20-10-14-6-8-16(24-5)9-7-14/h6-9,12-13H,10-11H2,1-5H3,(H,19,20).